The van der Waals surface area contributed by atoms with E-state index in [0.717, 1.165) is 6.42 Å². The van der Waals surface area contributed by atoms with Crippen molar-refractivity contribution in [3.63, 3.8) is 0 Å². The van der Waals surface area contributed by atoms with Gasteiger partial charge in [-0.3, -0.25) is 0 Å². The maximum Gasteiger partial charge on any atom is 0.138 e. The van der Waals surface area contributed by atoms with Crippen LogP contribution in [0.1, 0.15) is 48.0 Å². The van der Waals surface area contributed by atoms with Crippen LogP contribution in [0.2, 0.25) is 0 Å². The van der Waals surface area contributed by atoms with Gasteiger partial charge in [0.1, 0.15) is 10.3 Å². The van der Waals surface area contributed by atoms with Gasteiger partial charge in [0.05, 0.1) is 5.54 Å². The third kappa shape index (κ3) is 7.38. The standard InChI is InChI=1S/C11H21N3S/c1-9(2)7-11(6,15-8-12)14-13-10(3,4)5/h9H,7H2,1-6H3/b14-13+. The summed E-state index contributed by atoms with van der Waals surface area (Å²) >= 11 is 1.19. The molecule has 0 aromatic heterocycles. The van der Waals surface area contributed by atoms with E-state index in [2.05, 4.69) is 29.5 Å². The predicted octanol–water partition coefficient (Wildman–Crippen LogP) is 4.21. The van der Waals surface area contributed by atoms with E-state index >= 15 is 0 Å². The van der Waals surface area contributed by atoms with E-state index < -0.39 is 4.87 Å². The van der Waals surface area contributed by atoms with Crippen LogP contribution in [0, 0.1) is 16.6 Å². The topological polar surface area (TPSA) is 48.5 Å². The third-order valence-corrected chi connectivity index (χ3v) is 2.39. The molecule has 4 heteroatoms. The van der Waals surface area contributed by atoms with Crippen molar-refractivity contribution in [2.75, 3.05) is 0 Å². The van der Waals surface area contributed by atoms with Crippen molar-refractivity contribution in [3.05, 3.63) is 0 Å². The molecule has 0 aliphatic heterocycles. The molecule has 1 unspecified atom stereocenters. The minimum absolute atomic E-state index is 0.172. The zero-order chi connectivity index (χ0) is 12.1. The summed E-state index contributed by atoms with van der Waals surface area (Å²) in [5, 5.41) is 19.4. The van der Waals surface area contributed by atoms with Gasteiger partial charge in [0.25, 0.3) is 0 Å². The number of azo groups is 1. The average molecular weight is 227 g/mol. The van der Waals surface area contributed by atoms with E-state index in [1.807, 2.05) is 27.7 Å². The number of nitriles is 1. The van der Waals surface area contributed by atoms with E-state index in [4.69, 9.17) is 5.26 Å². The number of hydrogen-bond acceptors (Lipinski definition) is 4. The van der Waals surface area contributed by atoms with Gasteiger partial charge in [0, 0.05) is 0 Å². The van der Waals surface area contributed by atoms with E-state index in [1.54, 1.807) is 0 Å². The lowest BCUT2D eigenvalue weighted by molar-refractivity contribution is 0.442. The summed E-state index contributed by atoms with van der Waals surface area (Å²) in [6.07, 6.45) is 0.866. The van der Waals surface area contributed by atoms with Crippen LogP contribution in [0.25, 0.3) is 0 Å². The van der Waals surface area contributed by atoms with Crippen LogP contribution in [0.4, 0.5) is 0 Å². The minimum atomic E-state index is -0.407. The van der Waals surface area contributed by atoms with Gasteiger partial charge in [-0.25, -0.2) is 0 Å². The van der Waals surface area contributed by atoms with Crippen LogP contribution < -0.4 is 0 Å². The minimum Gasteiger partial charge on any atom is -0.187 e. The lowest BCUT2D eigenvalue weighted by Gasteiger charge is -2.23. The molecule has 3 nitrogen and oxygen atoms in total. The van der Waals surface area contributed by atoms with Gasteiger partial charge in [-0.2, -0.15) is 15.5 Å². The van der Waals surface area contributed by atoms with Crippen molar-refractivity contribution in [2.45, 2.75) is 58.4 Å². The van der Waals surface area contributed by atoms with Crippen LogP contribution in [0.3, 0.4) is 0 Å². The van der Waals surface area contributed by atoms with Gasteiger partial charge in [0.15, 0.2) is 0 Å². The second-order valence-electron chi connectivity index (χ2n) is 5.34. The van der Waals surface area contributed by atoms with Crippen LogP contribution in [-0.2, 0) is 0 Å². The Morgan fingerprint density at radius 1 is 1.20 bits per heavy atom. The summed E-state index contributed by atoms with van der Waals surface area (Å²) < 4.78 is 0. The summed E-state index contributed by atoms with van der Waals surface area (Å²) in [7, 11) is 0. The van der Waals surface area contributed by atoms with E-state index in [-0.39, 0.29) is 5.54 Å². The van der Waals surface area contributed by atoms with Crippen LogP contribution in [0.5, 0.6) is 0 Å². The van der Waals surface area contributed by atoms with Gasteiger partial charge >= 0.3 is 0 Å². The van der Waals surface area contributed by atoms with Gasteiger partial charge < -0.3 is 0 Å². The van der Waals surface area contributed by atoms with Crippen molar-refractivity contribution in [2.24, 2.45) is 16.1 Å². The fourth-order valence-electron chi connectivity index (χ4n) is 1.21. The summed E-state index contributed by atoms with van der Waals surface area (Å²) in [5.41, 5.74) is -0.172. The van der Waals surface area contributed by atoms with E-state index in [1.165, 1.54) is 11.8 Å². The number of hydrogen-bond donors (Lipinski definition) is 0. The second kappa shape index (κ2) is 5.50. The monoisotopic (exact) mass is 227 g/mol. The number of thiocyanates is 1. The first-order valence-corrected chi connectivity index (χ1v) is 6.01. The lowest BCUT2D eigenvalue weighted by Crippen LogP contribution is -2.20. The van der Waals surface area contributed by atoms with Crippen molar-refractivity contribution >= 4 is 11.8 Å². The number of nitrogens with zero attached hydrogens (tertiary/aromatic N) is 3. The van der Waals surface area contributed by atoms with E-state index in [9.17, 15) is 0 Å². The highest BCUT2D eigenvalue weighted by Crippen LogP contribution is 2.33. The average Bonchev–Trinajstić information content (AvgIpc) is 1.99. The Balaban J connectivity index is 4.66. The summed E-state index contributed by atoms with van der Waals surface area (Å²) in [4.78, 5) is -0.407. The Labute approximate surface area is 97.4 Å². The molecular formula is C11H21N3S. The maximum absolute atomic E-state index is 8.76. The largest absolute Gasteiger partial charge is 0.187 e. The first-order chi connectivity index (χ1) is 6.68. The Morgan fingerprint density at radius 3 is 2.07 bits per heavy atom. The van der Waals surface area contributed by atoms with Gasteiger partial charge in [0.2, 0.25) is 0 Å². The fourth-order valence-corrected chi connectivity index (χ4v) is 1.91. The fraction of sp³-hybridized carbons (Fsp3) is 0.909. The van der Waals surface area contributed by atoms with Crippen molar-refractivity contribution < 1.29 is 0 Å². The zero-order valence-electron chi connectivity index (χ0n) is 10.5. The Bertz CT molecular complexity index is 260. The molecule has 0 spiro atoms. The highest BCUT2D eigenvalue weighted by molar-refractivity contribution is 8.04. The van der Waals surface area contributed by atoms with Crippen molar-refractivity contribution in [3.8, 4) is 5.40 Å². The molecule has 0 radical (unpaired) electrons. The second-order valence-corrected chi connectivity index (χ2v) is 6.60. The van der Waals surface area contributed by atoms with Crippen LogP contribution in [-0.4, -0.2) is 10.4 Å². The Kier molecular flexibility index (Phi) is 5.30. The molecule has 0 aliphatic carbocycles. The predicted molar refractivity (Wildman–Crippen MR) is 65.7 cm³/mol. The maximum atomic E-state index is 8.76. The molecule has 0 saturated carbocycles. The highest BCUT2D eigenvalue weighted by atomic mass is 32.2. The molecule has 0 heterocycles. The molecule has 0 rings (SSSR count). The molecule has 0 aromatic carbocycles. The molecular weight excluding hydrogens is 206 g/mol. The Morgan fingerprint density at radius 2 is 1.73 bits per heavy atom. The molecule has 0 fully saturated rings. The molecule has 15 heavy (non-hydrogen) atoms. The summed E-state index contributed by atoms with van der Waals surface area (Å²) in [6.45, 7) is 12.2. The first kappa shape index (κ1) is 14.4. The SMILES string of the molecule is CC(C)CC(C)(/N=N/C(C)(C)C)SC#N. The lowest BCUT2D eigenvalue weighted by atomic mass is 10.1. The molecule has 0 N–H and O–H groups in total. The molecule has 0 aliphatic rings. The normalized spacial score (nSPS) is 16.7. The molecule has 0 amide bonds. The van der Waals surface area contributed by atoms with Crippen LogP contribution >= 0.6 is 11.8 Å². The highest BCUT2D eigenvalue weighted by Gasteiger charge is 2.27. The quantitative estimate of drug-likeness (QED) is 0.533. The first-order valence-electron chi connectivity index (χ1n) is 5.20. The van der Waals surface area contributed by atoms with Gasteiger partial charge in [-0.15, -0.1) is 0 Å². The molecule has 0 saturated heterocycles. The number of rotatable bonds is 4. The summed E-state index contributed by atoms with van der Waals surface area (Å²) in [5.74, 6) is 0.509. The summed E-state index contributed by atoms with van der Waals surface area (Å²) in [6, 6.07) is 0. The molecule has 1 atom stereocenters. The Hall–Kier alpha value is -0.560. The smallest absolute Gasteiger partial charge is 0.138 e. The third-order valence-electron chi connectivity index (χ3n) is 1.61. The van der Waals surface area contributed by atoms with Crippen molar-refractivity contribution in [1.29, 1.82) is 5.26 Å². The van der Waals surface area contributed by atoms with Crippen molar-refractivity contribution in [1.82, 2.24) is 0 Å². The number of thioether (sulfide) groups is 1. The zero-order valence-corrected chi connectivity index (χ0v) is 11.4. The van der Waals surface area contributed by atoms with Gasteiger partial charge in [-0.05, 0) is 51.8 Å². The molecule has 86 valence electrons. The van der Waals surface area contributed by atoms with Gasteiger partial charge in [-0.1, -0.05) is 13.8 Å². The van der Waals surface area contributed by atoms with E-state index in [0.29, 0.717) is 5.92 Å². The molecule has 0 aromatic rings. The molecule has 0 bridgehead atoms. The van der Waals surface area contributed by atoms with Crippen LogP contribution in [0.15, 0.2) is 10.2 Å².